The van der Waals surface area contributed by atoms with Crippen molar-refractivity contribution >= 4 is 17.4 Å². The maximum Gasteiger partial charge on any atom is 0.264 e. The first-order valence-corrected chi connectivity index (χ1v) is 12.3. The normalized spacial score (nSPS) is 18.6. The Balaban J connectivity index is 1.61. The number of anilines is 2. The van der Waals surface area contributed by atoms with E-state index in [1.165, 1.54) is 0 Å². The Hall–Kier alpha value is -2.68. The van der Waals surface area contributed by atoms with Crippen LogP contribution in [0.25, 0.3) is 0 Å². The highest BCUT2D eigenvalue weighted by molar-refractivity contribution is 5.76. The fourth-order valence-corrected chi connectivity index (χ4v) is 5.38. The maximum absolute atomic E-state index is 14.0. The molecular formula is C25H32F2N4O3. The van der Waals surface area contributed by atoms with E-state index >= 15 is 0 Å². The van der Waals surface area contributed by atoms with Gasteiger partial charge in [0.25, 0.3) is 6.43 Å². The fraction of sp³-hybridized carbons (Fsp3) is 0.600. The van der Waals surface area contributed by atoms with Gasteiger partial charge in [0, 0.05) is 49.9 Å². The lowest BCUT2D eigenvalue weighted by molar-refractivity contribution is -0.129. The number of nitrogens with zero attached hydrogens (tertiary/aromatic N) is 4. The molecule has 184 valence electrons. The second-order valence-electron chi connectivity index (χ2n) is 9.30. The Morgan fingerprint density at radius 2 is 2.00 bits per heavy atom. The van der Waals surface area contributed by atoms with Crippen molar-refractivity contribution in [3.8, 4) is 5.75 Å². The third-order valence-corrected chi connectivity index (χ3v) is 7.14. The standard InChI is InChI=1S/C25H32F2N4O3/c1-3-4-17-13-23-22(14-19(17)24(26)27)30(9-12-34-23)25-20-15-29(16(2)32)8-5-21(20)31(28-25)18-6-10-33-11-7-18/h13-14,18,24H,3-12,15H2,1-2H3. The summed E-state index contributed by atoms with van der Waals surface area (Å²) in [6.07, 6.45) is 1.31. The molecule has 1 fully saturated rings. The summed E-state index contributed by atoms with van der Waals surface area (Å²) in [6.45, 7) is 7.07. The molecule has 0 unspecified atom stereocenters. The predicted octanol–water partition coefficient (Wildman–Crippen LogP) is 4.56. The van der Waals surface area contributed by atoms with E-state index in [1.54, 1.807) is 19.1 Å². The summed E-state index contributed by atoms with van der Waals surface area (Å²) in [6, 6.07) is 3.59. The number of aromatic nitrogens is 2. The SMILES string of the molecule is CCCc1cc2c(cc1C(F)F)N(c1nn(C3CCOCC3)c3c1CN(C(C)=O)CC3)CCO2. The van der Waals surface area contributed by atoms with Crippen LogP contribution in [-0.2, 0) is 28.9 Å². The first-order valence-electron chi connectivity index (χ1n) is 12.3. The van der Waals surface area contributed by atoms with E-state index in [9.17, 15) is 13.6 Å². The molecule has 7 nitrogen and oxygen atoms in total. The maximum atomic E-state index is 14.0. The molecule has 3 aliphatic heterocycles. The minimum absolute atomic E-state index is 0.0296. The van der Waals surface area contributed by atoms with Crippen LogP contribution in [0.1, 0.15) is 68.0 Å². The number of hydrogen-bond acceptors (Lipinski definition) is 5. The summed E-state index contributed by atoms with van der Waals surface area (Å²) in [4.78, 5) is 16.0. The Bertz CT molecular complexity index is 1060. The van der Waals surface area contributed by atoms with Gasteiger partial charge in [0.2, 0.25) is 5.91 Å². The van der Waals surface area contributed by atoms with Gasteiger partial charge in [0.1, 0.15) is 12.4 Å². The number of carbonyl (C=O) groups excluding carboxylic acids is 1. The molecule has 1 amide bonds. The Kier molecular flexibility index (Phi) is 6.46. The van der Waals surface area contributed by atoms with Gasteiger partial charge in [-0.25, -0.2) is 8.78 Å². The molecule has 0 atom stereocenters. The number of benzene rings is 1. The van der Waals surface area contributed by atoms with Crippen molar-refractivity contribution in [1.29, 1.82) is 0 Å². The second kappa shape index (κ2) is 9.52. The predicted molar refractivity (Wildman–Crippen MR) is 124 cm³/mol. The lowest BCUT2D eigenvalue weighted by atomic mass is 10.00. The Morgan fingerprint density at radius 3 is 2.71 bits per heavy atom. The third-order valence-electron chi connectivity index (χ3n) is 7.14. The number of rotatable bonds is 5. The molecule has 1 aromatic carbocycles. The summed E-state index contributed by atoms with van der Waals surface area (Å²) < 4.78 is 41.6. The summed E-state index contributed by atoms with van der Waals surface area (Å²) in [7, 11) is 0. The van der Waals surface area contributed by atoms with Crippen LogP contribution in [0.4, 0.5) is 20.3 Å². The number of ether oxygens (including phenoxy) is 2. The zero-order valence-electron chi connectivity index (χ0n) is 19.9. The number of hydrogen-bond donors (Lipinski definition) is 0. The van der Waals surface area contributed by atoms with E-state index in [0.717, 1.165) is 42.8 Å². The van der Waals surface area contributed by atoms with Crippen LogP contribution in [0.2, 0.25) is 0 Å². The lowest BCUT2D eigenvalue weighted by Gasteiger charge is -2.33. The molecule has 1 saturated heterocycles. The van der Waals surface area contributed by atoms with Gasteiger partial charge >= 0.3 is 0 Å². The zero-order valence-corrected chi connectivity index (χ0v) is 19.9. The van der Waals surface area contributed by atoms with Gasteiger partial charge in [0.15, 0.2) is 5.82 Å². The van der Waals surface area contributed by atoms with E-state index in [0.29, 0.717) is 62.9 Å². The summed E-state index contributed by atoms with van der Waals surface area (Å²) in [5, 5.41) is 5.07. The van der Waals surface area contributed by atoms with Gasteiger partial charge in [-0.2, -0.15) is 5.10 Å². The van der Waals surface area contributed by atoms with E-state index in [1.807, 2.05) is 16.7 Å². The van der Waals surface area contributed by atoms with Crippen molar-refractivity contribution in [2.24, 2.45) is 0 Å². The first kappa shape index (κ1) is 23.1. The third kappa shape index (κ3) is 4.15. The van der Waals surface area contributed by atoms with Crippen molar-refractivity contribution in [2.45, 2.75) is 65.0 Å². The molecule has 0 spiro atoms. The summed E-state index contributed by atoms with van der Waals surface area (Å²) >= 11 is 0. The molecule has 0 saturated carbocycles. The highest BCUT2D eigenvalue weighted by atomic mass is 19.3. The number of amides is 1. The van der Waals surface area contributed by atoms with Crippen LogP contribution in [0.3, 0.4) is 0 Å². The van der Waals surface area contributed by atoms with E-state index in [2.05, 4.69) is 4.68 Å². The van der Waals surface area contributed by atoms with Gasteiger partial charge in [-0.1, -0.05) is 13.3 Å². The average molecular weight is 475 g/mol. The summed E-state index contributed by atoms with van der Waals surface area (Å²) in [5.74, 6) is 1.40. The van der Waals surface area contributed by atoms with E-state index < -0.39 is 6.43 Å². The molecule has 0 N–H and O–H groups in total. The molecule has 9 heteroatoms. The van der Waals surface area contributed by atoms with Crippen molar-refractivity contribution in [2.75, 3.05) is 37.8 Å². The zero-order chi connectivity index (χ0) is 23.8. The van der Waals surface area contributed by atoms with Crippen LogP contribution < -0.4 is 9.64 Å². The van der Waals surface area contributed by atoms with Gasteiger partial charge in [-0.05, 0) is 37.0 Å². The van der Waals surface area contributed by atoms with Crippen LogP contribution in [0.5, 0.6) is 5.75 Å². The van der Waals surface area contributed by atoms with Crippen molar-refractivity contribution in [3.05, 3.63) is 34.5 Å². The molecule has 1 aromatic heterocycles. The number of aryl methyl sites for hydroxylation is 1. The molecule has 0 bridgehead atoms. The molecule has 34 heavy (non-hydrogen) atoms. The molecule has 2 aromatic rings. The van der Waals surface area contributed by atoms with Crippen LogP contribution in [-0.4, -0.2) is 53.5 Å². The minimum atomic E-state index is -2.56. The number of alkyl halides is 2. The van der Waals surface area contributed by atoms with Gasteiger partial charge in [0.05, 0.1) is 24.8 Å². The van der Waals surface area contributed by atoms with Crippen LogP contribution in [0.15, 0.2) is 12.1 Å². The summed E-state index contributed by atoms with van der Waals surface area (Å²) in [5.41, 5.74) is 3.47. The Morgan fingerprint density at radius 1 is 1.21 bits per heavy atom. The molecular weight excluding hydrogens is 442 g/mol. The molecule has 3 aliphatic rings. The highest BCUT2D eigenvalue weighted by Gasteiger charge is 2.34. The molecule has 0 radical (unpaired) electrons. The Labute approximate surface area is 198 Å². The first-order chi connectivity index (χ1) is 16.5. The second-order valence-corrected chi connectivity index (χ2v) is 9.30. The number of fused-ring (bicyclic) bond motifs is 2. The van der Waals surface area contributed by atoms with E-state index in [4.69, 9.17) is 14.6 Å². The minimum Gasteiger partial charge on any atom is -0.490 e. The largest absolute Gasteiger partial charge is 0.490 e. The topological polar surface area (TPSA) is 59.8 Å². The van der Waals surface area contributed by atoms with Crippen molar-refractivity contribution in [1.82, 2.24) is 14.7 Å². The number of carbonyl (C=O) groups is 1. The number of halogens is 2. The average Bonchev–Trinajstić information content (AvgIpc) is 3.22. The molecule has 5 rings (SSSR count). The van der Waals surface area contributed by atoms with Gasteiger partial charge in [-0.15, -0.1) is 0 Å². The van der Waals surface area contributed by atoms with Crippen molar-refractivity contribution in [3.63, 3.8) is 0 Å². The van der Waals surface area contributed by atoms with Gasteiger partial charge < -0.3 is 19.3 Å². The smallest absolute Gasteiger partial charge is 0.264 e. The van der Waals surface area contributed by atoms with Crippen molar-refractivity contribution < 1.29 is 23.0 Å². The fourth-order valence-electron chi connectivity index (χ4n) is 5.38. The highest BCUT2D eigenvalue weighted by Crippen LogP contribution is 2.43. The van der Waals surface area contributed by atoms with E-state index in [-0.39, 0.29) is 17.5 Å². The van der Waals surface area contributed by atoms with Crippen LogP contribution in [0, 0.1) is 0 Å². The quantitative estimate of drug-likeness (QED) is 0.636. The van der Waals surface area contributed by atoms with Gasteiger partial charge in [-0.3, -0.25) is 9.48 Å². The van der Waals surface area contributed by atoms with Crippen LogP contribution >= 0.6 is 0 Å². The monoisotopic (exact) mass is 474 g/mol. The molecule has 4 heterocycles. The lowest BCUT2D eigenvalue weighted by Crippen LogP contribution is -2.36. The molecule has 0 aliphatic carbocycles.